The third-order valence-electron chi connectivity index (χ3n) is 2.48. The smallest absolute Gasteiger partial charge is 0.105 e. The Bertz CT molecular complexity index is 252. The van der Waals surface area contributed by atoms with Crippen molar-refractivity contribution in [3.8, 4) is 0 Å². The summed E-state index contributed by atoms with van der Waals surface area (Å²) in [5, 5.41) is 0. The molecule has 17 heavy (non-hydrogen) atoms. The summed E-state index contributed by atoms with van der Waals surface area (Å²) in [7, 11) is 0. The monoisotopic (exact) mass is 238 g/mol. The van der Waals surface area contributed by atoms with Gasteiger partial charge >= 0.3 is 0 Å². The molecule has 100 valence electrons. The van der Waals surface area contributed by atoms with Gasteiger partial charge in [0.2, 0.25) is 0 Å². The fourth-order valence-corrected chi connectivity index (χ4v) is 1.49. The van der Waals surface area contributed by atoms with Crippen LogP contribution in [0.1, 0.15) is 68.2 Å². The van der Waals surface area contributed by atoms with Gasteiger partial charge in [-0.25, -0.2) is 0 Å². The lowest BCUT2D eigenvalue weighted by atomic mass is 9.90. The maximum absolute atomic E-state index is 6.18. The normalized spacial score (nSPS) is 15.1. The molecule has 0 atom stereocenters. The summed E-state index contributed by atoms with van der Waals surface area (Å²) in [6.45, 7) is 17.5. The fourth-order valence-electron chi connectivity index (χ4n) is 1.49. The van der Waals surface area contributed by atoms with Crippen molar-refractivity contribution >= 4 is 0 Å². The van der Waals surface area contributed by atoms with Gasteiger partial charge in [-0.05, 0) is 25.0 Å². The van der Waals surface area contributed by atoms with Crippen LogP contribution in [0.25, 0.3) is 0 Å². The van der Waals surface area contributed by atoms with Crippen LogP contribution in [0.4, 0.5) is 0 Å². The van der Waals surface area contributed by atoms with Gasteiger partial charge in [-0.3, -0.25) is 0 Å². The summed E-state index contributed by atoms with van der Waals surface area (Å²) in [5.41, 5.74) is 0.127. The van der Waals surface area contributed by atoms with Crippen molar-refractivity contribution in [2.24, 2.45) is 10.8 Å². The van der Waals surface area contributed by atoms with Gasteiger partial charge in [-0.15, -0.1) is 0 Å². The number of allylic oxidation sites excluding steroid dienone is 4. The molecule has 0 bridgehead atoms. The first-order chi connectivity index (χ1) is 7.62. The lowest BCUT2D eigenvalue weighted by Crippen LogP contribution is -2.18. The number of hydrogen-bond acceptors (Lipinski definition) is 1. The molecule has 0 unspecified atom stereocenters. The Balaban J connectivity index is 5.11. The molecule has 1 nitrogen and oxygen atoms in total. The predicted octanol–water partition coefficient (Wildman–Crippen LogP) is 5.68. The quantitative estimate of drug-likeness (QED) is 0.572. The van der Waals surface area contributed by atoms with Crippen molar-refractivity contribution in [2.75, 3.05) is 0 Å². The Morgan fingerprint density at radius 3 is 1.24 bits per heavy atom. The largest absolute Gasteiger partial charge is 0.466 e. The van der Waals surface area contributed by atoms with Gasteiger partial charge in [0.15, 0.2) is 0 Å². The zero-order chi connectivity index (χ0) is 13.7. The molecule has 0 aromatic heterocycles. The minimum absolute atomic E-state index is 0.0636. The summed E-state index contributed by atoms with van der Waals surface area (Å²) in [6, 6.07) is 0. The Morgan fingerprint density at radius 2 is 1.06 bits per heavy atom. The van der Waals surface area contributed by atoms with E-state index in [1.54, 1.807) is 0 Å². The average Bonchev–Trinajstić information content (AvgIpc) is 2.12. The zero-order valence-electron chi connectivity index (χ0n) is 13.0. The molecule has 0 fully saturated rings. The summed E-state index contributed by atoms with van der Waals surface area (Å²) < 4.78 is 6.18. The van der Waals surface area contributed by atoms with E-state index in [-0.39, 0.29) is 10.8 Å². The standard InChI is InChI=1S/C16H30O/c1-9-11-13(15(3,4)5)17-14(12-10-2)16(6,7)8/h11-12H,9-10H2,1-8H3. The van der Waals surface area contributed by atoms with Crippen molar-refractivity contribution < 1.29 is 4.74 Å². The van der Waals surface area contributed by atoms with Crippen molar-refractivity contribution in [3.63, 3.8) is 0 Å². The third-order valence-corrected chi connectivity index (χ3v) is 2.48. The lowest BCUT2D eigenvalue weighted by Gasteiger charge is -2.30. The van der Waals surface area contributed by atoms with Crippen LogP contribution in [0.2, 0.25) is 0 Å². The molecular formula is C16H30O. The summed E-state index contributed by atoms with van der Waals surface area (Å²) in [5.74, 6) is 2.16. The molecule has 0 aromatic carbocycles. The fraction of sp³-hybridized carbons (Fsp3) is 0.750. The predicted molar refractivity (Wildman–Crippen MR) is 76.7 cm³/mol. The van der Waals surface area contributed by atoms with Gasteiger partial charge in [-0.2, -0.15) is 0 Å². The number of rotatable bonds is 4. The first-order valence-corrected chi connectivity index (χ1v) is 6.72. The van der Waals surface area contributed by atoms with E-state index in [1.165, 1.54) is 0 Å². The van der Waals surface area contributed by atoms with Gasteiger partial charge in [-0.1, -0.05) is 55.4 Å². The molecule has 0 aliphatic heterocycles. The molecule has 0 heterocycles. The van der Waals surface area contributed by atoms with Gasteiger partial charge < -0.3 is 4.74 Å². The van der Waals surface area contributed by atoms with Crippen molar-refractivity contribution in [2.45, 2.75) is 68.2 Å². The zero-order valence-corrected chi connectivity index (χ0v) is 13.0. The number of hydrogen-bond donors (Lipinski definition) is 0. The molecule has 0 aliphatic rings. The highest BCUT2D eigenvalue weighted by molar-refractivity contribution is 5.11. The van der Waals surface area contributed by atoms with E-state index in [0.29, 0.717) is 0 Å². The van der Waals surface area contributed by atoms with Crippen LogP contribution in [0.5, 0.6) is 0 Å². The van der Waals surface area contributed by atoms with Crippen LogP contribution in [-0.4, -0.2) is 0 Å². The van der Waals surface area contributed by atoms with E-state index in [1.807, 2.05) is 0 Å². The minimum atomic E-state index is 0.0636. The Hall–Kier alpha value is -0.720. The van der Waals surface area contributed by atoms with Gasteiger partial charge in [0.1, 0.15) is 11.5 Å². The van der Waals surface area contributed by atoms with E-state index in [9.17, 15) is 0 Å². The van der Waals surface area contributed by atoms with Gasteiger partial charge in [0, 0.05) is 10.8 Å². The average molecular weight is 238 g/mol. The van der Waals surface area contributed by atoms with E-state index >= 15 is 0 Å². The maximum atomic E-state index is 6.18. The van der Waals surface area contributed by atoms with Crippen LogP contribution in [-0.2, 0) is 4.74 Å². The van der Waals surface area contributed by atoms with Crippen LogP contribution >= 0.6 is 0 Å². The second kappa shape index (κ2) is 6.28. The first kappa shape index (κ1) is 16.3. The van der Waals surface area contributed by atoms with Crippen molar-refractivity contribution in [3.05, 3.63) is 23.7 Å². The van der Waals surface area contributed by atoms with E-state index in [4.69, 9.17) is 4.74 Å². The van der Waals surface area contributed by atoms with Crippen LogP contribution in [0.3, 0.4) is 0 Å². The molecule has 0 N–H and O–H groups in total. The first-order valence-electron chi connectivity index (χ1n) is 6.72. The highest BCUT2D eigenvalue weighted by Gasteiger charge is 2.25. The third kappa shape index (κ3) is 5.95. The molecule has 1 heteroatoms. The van der Waals surface area contributed by atoms with Crippen molar-refractivity contribution in [1.82, 2.24) is 0 Å². The van der Waals surface area contributed by atoms with Gasteiger partial charge in [0.25, 0.3) is 0 Å². The topological polar surface area (TPSA) is 9.23 Å². The van der Waals surface area contributed by atoms with E-state index in [0.717, 1.165) is 24.4 Å². The van der Waals surface area contributed by atoms with E-state index < -0.39 is 0 Å². The van der Waals surface area contributed by atoms with Crippen LogP contribution in [0, 0.1) is 10.8 Å². The highest BCUT2D eigenvalue weighted by Crippen LogP contribution is 2.34. The Kier molecular flexibility index (Phi) is 6.01. The summed E-state index contributed by atoms with van der Waals surface area (Å²) in [4.78, 5) is 0. The molecule has 0 amide bonds. The molecule has 0 aromatic rings. The molecule has 0 spiro atoms. The minimum Gasteiger partial charge on any atom is -0.466 e. The van der Waals surface area contributed by atoms with Crippen molar-refractivity contribution in [1.29, 1.82) is 0 Å². The molecular weight excluding hydrogens is 208 g/mol. The van der Waals surface area contributed by atoms with Crippen LogP contribution in [0.15, 0.2) is 23.7 Å². The lowest BCUT2D eigenvalue weighted by molar-refractivity contribution is 0.162. The summed E-state index contributed by atoms with van der Waals surface area (Å²) >= 11 is 0. The molecule has 0 saturated heterocycles. The molecule has 0 rings (SSSR count). The molecule has 0 saturated carbocycles. The van der Waals surface area contributed by atoms with E-state index in [2.05, 4.69) is 67.5 Å². The Morgan fingerprint density at radius 1 is 0.765 bits per heavy atom. The molecule has 0 aliphatic carbocycles. The second-order valence-corrected chi connectivity index (χ2v) is 6.56. The maximum Gasteiger partial charge on any atom is 0.105 e. The Labute approximate surface area is 108 Å². The van der Waals surface area contributed by atoms with Crippen LogP contribution < -0.4 is 0 Å². The SMILES string of the molecule is CCC=C(OC(=CCC)C(C)(C)C)C(C)(C)C. The highest BCUT2D eigenvalue weighted by atomic mass is 16.5. The summed E-state index contributed by atoms with van der Waals surface area (Å²) in [6.07, 6.45) is 6.40. The second-order valence-electron chi connectivity index (χ2n) is 6.56. The molecule has 0 radical (unpaired) electrons. The van der Waals surface area contributed by atoms with Gasteiger partial charge in [0.05, 0.1) is 0 Å². The number of ether oxygens (including phenoxy) is 1.